The molecule has 0 aliphatic carbocycles. The lowest BCUT2D eigenvalue weighted by Crippen LogP contribution is -2.49. The summed E-state index contributed by atoms with van der Waals surface area (Å²) in [6.45, 7) is 8.35. The second-order valence-corrected chi connectivity index (χ2v) is 8.28. The zero-order chi connectivity index (χ0) is 22.5. The summed E-state index contributed by atoms with van der Waals surface area (Å²) in [7, 11) is 3.33. The number of halogens is 4. The van der Waals surface area contributed by atoms with Gasteiger partial charge in [-0.25, -0.2) is 4.99 Å². The highest BCUT2D eigenvalue weighted by Crippen LogP contribution is 2.29. The van der Waals surface area contributed by atoms with Crippen LogP contribution in [0.25, 0.3) is 0 Å². The third kappa shape index (κ3) is 8.47. The first kappa shape index (κ1) is 27.5. The largest absolute Gasteiger partial charge is 0.416 e. The molecule has 176 valence electrons. The lowest BCUT2D eigenvalue weighted by Gasteiger charge is -2.22. The topological polar surface area (TPSA) is 60.0 Å². The average Bonchev–Trinajstić information content (AvgIpc) is 3.03. The number of alkyl halides is 3. The molecule has 0 bridgehead atoms. The van der Waals surface area contributed by atoms with Crippen molar-refractivity contribution < 1.29 is 18.0 Å². The minimum absolute atomic E-state index is 0. The summed E-state index contributed by atoms with van der Waals surface area (Å²) >= 11 is 0. The molecule has 1 saturated heterocycles. The van der Waals surface area contributed by atoms with Crippen molar-refractivity contribution in [2.24, 2.45) is 10.9 Å². The van der Waals surface area contributed by atoms with Gasteiger partial charge in [-0.3, -0.25) is 9.69 Å². The normalized spacial score (nSPS) is 19.8. The highest BCUT2D eigenvalue weighted by Gasteiger charge is 2.32. The fourth-order valence-electron chi connectivity index (χ4n) is 3.28. The fourth-order valence-corrected chi connectivity index (χ4v) is 3.28. The van der Waals surface area contributed by atoms with Crippen LogP contribution in [0.3, 0.4) is 0 Å². The van der Waals surface area contributed by atoms with Gasteiger partial charge in [0.15, 0.2) is 5.96 Å². The number of amides is 1. The molecular weight excluding hydrogens is 522 g/mol. The SMILES string of the molecule is CC1CN(C(C)C)CC1NC(=NCc1cccc(C(F)(F)F)c1)NCC(=O)N(C)C.I. The molecule has 1 aliphatic rings. The Hall–Kier alpha value is -1.56. The maximum atomic E-state index is 13.0. The number of likely N-dealkylation sites (tertiary alicyclic amines) is 1. The number of aliphatic imine (C=N–C) groups is 1. The minimum Gasteiger partial charge on any atom is -0.352 e. The van der Waals surface area contributed by atoms with E-state index in [0.29, 0.717) is 23.5 Å². The quantitative estimate of drug-likeness (QED) is 0.322. The van der Waals surface area contributed by atoms with Crippen LogP contribution in [0, 0.1) is 5.92 Å². The molecule has 2 rings (SSSR count). The summed E-state index contributed by atoms with van der Waals surface area (Å²) in [5.74, 6) is 0.675. The van der Waals surface area contributed by atoms with E-state index in [2.05, 4.69) is 41.3 Å². The van der Waals surface area contributed by atoms with Crippen molar-refractivity contribution >= 4 is 35.8 Å². The van der Waals surface area contributed by atoms with Gasteiger partial charge in [-0.1, -0.05) is 19.1 Å². The van der Waals surface area contributed by atoms with Gasteiger partial charge in [-0.15, -0.1) is 24.0 Å². The van der Waals surface area contributed by atoms with Gasteiger partial charge in [0.2, 0.25) is 5.91 Å². The Morgan fingerprint density at radius 2 is 1.97 bits per heavy atom. The Morgan fingerprint density at radius 3 is 2.52 bits per heavy atom. The number of hydrogen-bond donors (Lipinski definition) is 2. The average molecular weight is 555 g/mol. The molecule has 1 aromatic rings. The number of benzene rings is 1. The van der Waals surface area contributed by atoms with Crippen LogP contribution in [0.4, 0.5) is 13.2 Å². The van der Waals surface area contributed by atoms with Crippen molar-refractivity contribution in [3.05, 3.63) is 35.4 Å². The lowest BCUT2D eigenvalue weighted by atomic mass is 10.1. The van der Waals surface area contributed by atoms with Gasteiger partial charge in [-0.2, -0.15) is 13.2 Å². The predicted molar refractivity (Wildman–Crippen MR) is 127 cm³/mol. The molecule has 1 aliphatic heterocycles. The van der Waals surface area contributed by atoms with Crippen LogP contribution in [0.2, 0.25) is 0 Å². The van der Waals surface area contributed by atoms with Crippen molar-refractivity contribution in [3.8, 4) is 0 Å². The molecule has 0 spiro atoms. The van der Waals surface area contributed by atoms with Crippen LogP contribution in [0.5, 0.6) is 0 Å². The first-order valence-corrected chi connectivity index (χ1v) is 10.1. The number of nitrogens with one attached hydrogen (secondary N) is 2. The number of guanidine groups is 1. The first-order chi connectivity index (χ1) is 14.0. The summed E-state index contributed by atoms with van der Waals surface area (Å²) in [5, 5.41) is 6.38. The standard InChI is InChI=1S/C21H32F3N5O.HI/c1-14(2)29-12-15(3)18(13-29)27-20(26-11-19(30)28(4)5)25-10-16-7-6-8-17(9-16)21(22,23)24;/h6-9,14-15,18H,10-13H2,1-5H3,(H2,25,26,27);1H. The minimum atomic E-state index is -4.39. The molecule has 0 aromatic heterocycles. The van der Waals surface area contributed by atoms with E-state index in [4.69, 9.17) is 0 Å². The molecule has 31 heavy (non-hydrogen) atoms. The molecule has 1 fully saturated rings. The van der Waals surface area contributed by atoms with Gasteiger partial charge in [-0.05, 0) is 37.5 Å². The van der Waals surface area contributed by atoms with Crippen molar-refractivity contribution in [2.45, 2.75) is 45.6 Å². The highest BCUT2D eigenvalue weighted by molar-refractivity contribution is 14.0. The second kappa shape index (κ2) is 11.9. The summed E-state index contributed by atoms with van der Waals surface area (Å²) in [6, 6.07) is 5.69. The van der Waals surface area contributed by atoms with Gasteiger partial charge in [0, 0.05) is 39.3 Å². The molecular formula is C21H33F3IN5O. The van der Waals surface area contributed by atoms with Crippen LogP contribution in [0.15, 0.2) is 29.3 Å². The number of likely N-dealkylation sites (N-methyl/N-ethyl adjacent to an activating group) is 1. The smallest absolute Gasteiger partial charge is 0.352 e. The molecule has 1 aromatic carbocycles. The number of hydrogen-bond acceptors (Lipinski definition) is 3. The van der Waals surface area contributed by atoms with E-state index in [1.165, 1.54) is 11.0 Å². The van der Waals surface area contributed by atoms with Gasteiger partial charge in [0.1, 0.15) is 0 Å². The first-order valence-electron chi connectivity index (χ1n) is 10.1. The van der Waals surface area contributed by atoms with Crippen molar-refractivity contribution in [3.63, 3.8) is 0 Å². The maximum Gasteiger partial charge on any atom is 0.416 e. The van der Waals surface area contributed by atoms with Crippen LogP contribution < -0.4 is 10.6 Å². The third-order valence-electron chi connectivity index (χ3n) is 5.27. The van der Waals surface area contributed by atoms with E-state index in [-0.39, 0.29) is 49.0 Å². The Kier molecular flexibility index (Phi) is 10.5. The number of carbonyl (C=O) groups excluding carboxylic acids is 1. The van der Waals surface area contributed by atoms with Gasteiger partial charge in [0.25, 0.3) is 0 Å². The number of rotatable bonds is 6. The third-order valence-corrected chi connectivity index (χ3v) is 5.27. The van der Waals surface area contributed by atoms with E-state index in [9.17, 15) is 18.0 Å². The van der Waals surface area contributed by atoms with E-state index < -0.39 is 11.7 Å². The molecule has 1 heterocycles. The molecule has 0 saturated carbocycles. The van der Waals surface area contributed by atoms with E-state index >= 15 is 0 Å². The van der Waals surface area contributed by atoms with Gasteiger partial charge < -0.3 is 15.5 Å². The molecule has 2 unspecified atom stereocenters. The highest BCUT2D eigenvalue weighted by atomic mass is 127. The van der Waals surface area contributed by atoms with Crippen molar-refractivity contribution in [1.82, 2.24) is 20.4 Å². The monoisotopic (exact) mass is 555 g/mol. The zero-order valence-electron chi connectivity index (χ0n) is 18.7. The van der Waals surface area contributed by atoms with E-state index in [1.807, 2.05) is 0 Å². The van der Waals surface area contributed by atoms with E-state index in [1.54, 1.807) is 20.2 Å². The molecule has 1 amide bonds. The Bertz CT molecular complexity index is 755. The Morgan fingerprint density at radius 1 is 1.29 bits per heavy atom. The van der Waals surface area contributed by atoms with Gasteiger partial charge >= 0.3 is 6.18 Å². The molecule has 2 atom stereocenters. The summed E-state index contributed by atoms with van der Waals surface area (Å²) in [5.41, 5.74) is -0.245. The summed E-state index contributed by atoms with van der Waals surface area (Å²) in [6.07, 6.45) is -4.39. The van der Waals surface area contributed by atoms with E-state index in [0.717, 1.165) is 25.2 Å². The van der Waals surface area contributed by atoms with Crippen LogP contribution in [0.1, 0.15) is 31.9 Å². The Balaban J connectivity index is 0.00000480. The fraction of sp³-hybridized carbons (Fsp3) is 0.619. The molecule has 0 radical (unpaired) electrons. The Labute approximate surface area is 199 Å². The predicted octanol–water partition coefficient (Wildman–Crippen LogP) is 3.18. The number of carbonyl (C=O) groups is 1. The number of nitrogens with zero attached hydrogens (tertiary/aromatic N) is 3. The molecule has 6 nitrogen and oxygen atoms in total. The maximum absolute atomic E-state index is 13.0. The zero-order valence-corrected chi connectivity index (χ0v) is 21.0. The lowest BCUT2D eigenvalue weighted by molar-refractivity contribution is -0.137. The van der Waals surface area contributed by atoms with Crippen LogP contribution in [-0.4, -0.2) is 67.5 Å². The van der Waals surface area contributed by atoms with Crippen LogP contribution in [-0.2, 0) is 17.5 Å². The van der Waals surface area contributed by atoms with Gasteiger partial charge in [0.05, 0.1) is 18.7 Å². The summed E-state index contributed by atoms with van der Waals surface area (Å²) in [4.78, 5) is 20.2. The second-order valence-electron chi connectivity index (χ2n) is 8.28. The molecule has 10 heteroatoms. The summed E-state index contributed by atoms with van der Waals surface area (Å²) < 4.78 is 38.9. The van der Waals surface area contributed by atoms with Crippen molar-refractivity contribution in [2.75, 3.05) is 33.7 Å². The molecule has 2 N–H and O–H groups in total. The van der Waals surface area contributed by atoms with Crippen molar-refractivity contribution in [1.29, 1.82) is 0 Å². The van der Waals surface area contributed by atoms with Crippen LogP contribution >= 0.6 is 24.0 Å².